The number of rotatable bonds is 4. The van der Waals surface area contributed by atoms with Crippen LogP contribution in [0.1, 0.15) is 21.1 Å². The average Bonchev–Trinajstić information content (AvgIpc) is 3.05. The van der Waals surface area contributed by atoms with E-state index in [-0.39, 0.29) is 5.91 Å². The summed E-state index contributed by atoms with van der Waals surface area (Å²) >= 11 is 1.46. The molecule has 0 radical (unpaired) electrons. The van der Waals surface area contributed by atoms with Gasteiger partial charge in [-0.25, -0.2) is 4.98 Å². The van der Waals surface area contributed by atoms with Gasteiger partial charge in [-0.15, -0.1) is 11.3 Å². The second-order valence-electron chi connectivity index (χ2n) is 4.66. The van der Waals surface area contributed by atoms with Gasteiger partial charge in [-0.1, -0.05) is 12.1 Å². The highest BCUT2D eigenvalue weighted by atomic mass is 32.1. The molecule has 1 amide bonds. The van der Waals surface area contributed by atoms with Crippen molar-refractivity contribution in [2.75, 3.05) is 6.54 Å². The van der Waals surface area contributed by atoms with Crippen molar-refractivity contribution in [3.8, 4) is 0 Å². The zero-order valence-electron chi connectivity index (χ0n) is 11.1. The van der Waals surface area contributed by atoms with E-state index in [9.17, 15) is 4.79 Å². The number of amides is 1. The van der Waals surface area contributed by atoms with E-state index in [1.807, 2.05) is 30.5 Å². The van der Waals surface area contributed by atoms with Crippen molar-refractivity contribution in [1.29, 1.82) is 0 Å². The Bertz CT molecular complexity index is 731. The van der Waals surface area contributed by atoms with E-state index in [0.29, 0.717) is 6.54 Å². The number of imidazole rings is 1. The Morgan fingerprint density at radius 3 is 3.10 bits per heavy atom. The molecule has 0 spiro atoms. The fourth-order valence-electron chi connectivity index (χ4n) is 2.16. The molecular weight excluding hydrogens is 270 g/mol. The highest BCUT2D eigenvalue weighted by Crippen LogP contribution is 2.14. The van der Waals surface area contributed by atoms with Crippen LogP contribution in [0.3, 0.4) is 0 Å². The van der Waals surface area contributed by atoms with Crippen LogP contribution in [-0.2, 0) is 6.42 Å². The highest BCUT2D eigenvalue weighted by Gasteiger charge is 2.06. The molecule has 0 saturated heterocycles. The van der Waals surface area contributed by atoms with Gasteiger partial charge in [0.15, 0.2) is 0 Å². The number of hydrogen-bond acceptors (Lipinski definition) is 3. The topological polar surface area (TPSA) is 57.8 Å². The van der Waals surface area contributed by atoms with Crippen LogP contribution in [0.25, 0.3) is 11.0 Å². The van der Waals surface area contributed by atoms with Gasteiger partial charge in [0.2, 0.25) is 0 Å². The van der Waals surface area contributed by atoms with Gasteiger partial charge in [-0.3, -0.25) is 4.79 Å². The largest absolute Gasteiger partial charge is 0.351 e. The number of hydrogen-bond donors (Lipinski definition) is 2. The Balaban J connectivity index is 1.61. The number of nitrogens with zero attached hydrogens (tertiary/aromatic N) is 1. The lowest BCUT2D eigenvalue weighted by atomic mass is 10.1. The van der Waals surface area contributed by atoms with E-state index in [1.165, 1.54) is 16.9 Å². The SMILES string of the molecule is Cc1nc2ccc(CCNC(=O)c3cccs3)cc2[nH]1. The van der Waals surface area contributed by atoms with Gasteiger partial charge in [-0.05, 0) is 42.5 Å². The van der Waals surface area contributed by atoms with Crippen LogP contribution in [0.5, 0.6) is 0 Å². The van der Waals surface area contributed by atoms with Crippen molar-refractivity contribution in [2.45, 2.75) is 13.3 Å². The number of carbonyl (C=O) groups is 1. The summed E-state index contributed by atoms with van der Waals surface area (Å²) in [6.45, 7) is 2.58. The highest BCUT2D eigenvalue weighted by molar-refractivity contribution is 7.12. The smallest absolute Gasteiger partial charge is 0.261 e. The molecule has 3 aromatic rings. The molecule has 4 nitrogen and oxygen atoms in total. The summed E-state index contributed by atoms with van der Waals surface area (Å²) in [5.74, 6) is 0.918. The second-order valence-corrected chi connectivity index (χ2v) is 5.60. The van der Waals surface area contributed by atoms with E-state index >= 15 is 0 Å². The molecule has 2 N–H and O–H groups in total. The molecule has 3 rings (SSSR count). The van der Waals surface area contributed by atoms with Crippen LogP contribution in [0.2, 0.25) is 0 Å². The Kier molecular flexibility index (Phi) is 3.52. The summed E-state index contributed by atoms with van der Waals surface area (Å²) in [5.41, 5.74) is 3.21. The Morgan fingerprint density at radius 1 is 1.40 bits per heavy atom. The number of nitrogens with one attached hydrogen (secondary N) is 2. The van der Waals surface area contributed by atoms with Gasteiger partial charge >= 0.3 is 0 Å². The van der Waals surface area contributed by atoms with Crippen LogP contribution in [0.4, 0.5) is 0 Å². The van der Waals surface area contributed by atoms with Gasteiger partial charge in [0, 0.05) is 6.54 Å². The van der Waals surface area contributed by atoms with Crippen LogP contribution in [-0.4, -0.2) is 22.4 Å². The van der Waals surface area contributed by atoms with Crippen molar-refractivity contribution in [2.24, 2.45) is 0 Å². The third kappa shape index (κ3) is 2.72. The third-order valence-corrected chi connectivity index (χ3v) is 3.98. The molecule has 2 heterocycles. The standard InChI is InChI=1S/C15H15N3OS/c1-10-17-12-5-4-11(9-13(12)18-10)6-7-16-15(19)14-3-2-8-20-14/h2-5,8-9H,6-7H2,1H3,(H,16,19)(H,17,18). The summed E-state index contributed by atoms with van der Waals surface area (Å²) in [6.07, 6.45) is 0.811. The summed E-state index contributed by atoms with van der Waals surface area (Å²) in [4.78, 5) is 20.1. The van der Waals surface area contributed by atoms with Gasteiger partial charge < -0.3 is 10.3 Å². The van der Waals surface area contributed by atoms with E-state index in [2.05, 4.69) is 27.4 Å². The monoisotopic (exact) mass is 285 g/mol. The zero-order valence-corrected chi connectivity index (χ0v) is 12.0. The fraction of sp³-hybridized carbons (Fsp3) is 0.200. The molecule has 0 fully saturated rings. The van der Waals surface area contributed by atoms with Crippen LogP contribution in [0.15, 0.2) is 35.7 Å². The number of benzene rings is 1. The first-order valence-electron chi connectivity index (χ1n) is 6.49. The summed E-state index contributed by atoms with van der Waals surface area (Å²) in [6, 6.07) is 9.87. The molecule has 0 aliphatic carbocycles. The molecule has 0 aliphatic heterocycles. The Hall–Kier alpha value is -2.14. The number of H-pyrrole nitrogens is 1. The minimum Gasteiger partial charge on any atom is -0.351 e. The van der Waals surface area contributed by atoms with E-state index < -0.39 is 0 Å². The van der Waals surface area contributed by atoms with Crippen molar-refractivity contribution < 1.29 is 4.79 Å². The molecule has 0 aliphatic rings. The normalized spacial score (nSPS) is 10.8. The number of aromatic amines is 1. The lowest BCUT2D eigenvalue weighted by Crippen LogP contribution is -2.24. The Morgan fingerprint density at radius 2 is 2.30 bits per heavy atom. The van der Waals surface area contributed by atoms with E-state index in [1.54, 1.807) is 0 Å². The molecule has 1 aromatic carbocycles. The first kappa shape index (κ1) is 12.9. The van der Waals surface area contributed by atoms with Gasteiger partial charge in [0.25, 0.3) is 5.91 Å². The van der Waals surface area contributed by atoms with Crippen molar-refractivity contribution in [1.82, 2.24) is 15.3 Å². The van der Waals surface area contributed by atoms with E-state index in [0.717, 1.165) is 28.2 Å². The summed E-state index contributed by atoms with van der Waals surface area (Å²) < 4.78 is 0. The molecule has 0 atom stereocenters. The molecule has 0 bridgehead atoms. The number of carbonyl (C=O) groups excluding carboxylic acids is 1. The minimum absolute atomic E-state index is 0.00142. The van der Waals surface area contributed by atoms with Crippen LogP contribution < -0.4 is 5.32 Å². The second kappa shape index (κ2) is 5.46. The number of thiophene rings is 1. The maximum Gasteiger partial charge on any atom is 0.261 e. The number of fused-ring (bicyclic) bond motifs is 1. The predicted molar refractivity (Wildman–Crippen MR) is 81.2 cm³/mol. The first-order chi connectivity index (χ1) is 9.72. The van der Waals surface area contributed by atoms with Gasteiger partial charge in [0.05, 0.1) is 15.9 Å². The van der Waals surface area contributed by atoms with Crippen molar-refractivity contribution >= 4 is 28.3 Å². The molecule has 20 heavy (non-hydrogen) atoms. The maximum atomic E-state index is 11.8. The van der Waals surface area contributed by atoms with Crippen LogP contribution in [0, 0.1) is 6.92 Å². The average molecular weight is 285 g/mol. The van der Waals surface area contributed by atoms with Crippen LogP contribution >= 0.6 is 11.3 Å². The quantitative estimate of drug-likeness (QED) is 0.774. The van der Waals surface area contributed by atoms with Gasteiger partial charge in [0.1, 0.15) is 5.82 Å². The third-order valence-electron chi connectivity index (χ3n) is 3.11. The molecule has 2 aromatic heterocycles. The fourth-order valence-corrected chi connectivity index (χ4v) is 2.80. The number of aryl methyl sites for hydroxylation is 1. The summed E-state index contributed by atoms with van der Waals surface area (Å²) in [7, 11) is 0. The number of aromatic nitrogens is 2. The zero-order chi connectivity index (χ0) is 13.9. The minimum atomic E-state index is -0.00142. The predicted octanol–water partition coefficient (Wildman–Crippen LogP) is 2.91. The van der Waals surface area contributed by atoms with Crippen molar-refractivity contribution in [3.63, 3.8) is 0 Å². The van der Waals surface area contributed by atoms with Crippen molar-refractivity contribution in [3.05, 3.63) is 52.0 Å². The lowest BCUT2D eigenvalue weighted by Gasteiger charge is -2.04. The van der Waals surface area contributed by atoms with Gasteiger partial charge in [-0.2, -0.15) is 0 Å². The molecule has 0 unspecified atom stereocenters. The molecular formula is C15H15N3OS. The van der Waals surface area contributed by atoms with E-state index in [4.69, 9.17) is 0 Å². The molecule has 0 saturated carbocycles. The maximum absolute atomic E-state index is 11.8. The molecule has 102 valence electrons. The Labute approximate surface area is 120 Å². The lowest BCUT2D eigenvalue weighted by molar-refractivity contribution is 0.0958. The molecule has 5 heteroatoms. The summed E-state index contributed by atoms with van der Waals surface area (Å²) in [5, 5.41) is 4.84. The first-order valence-corrected chi connectivity index (χ1v) is 7.37.